The molecule has 0 aliphatic heterocycles. The summed E-state index contributed by atoms with van der Waals surface area (Å²) < 4.78 is 16.1. The van der Waals surface area contributed by atoms with E-state index in [2.05, 4.69) is 0 Å². The van der Waals surface area contributed by atoms with Crippen LogP contribution in [0.25, 0.3) is 22.3 Å². The van der Waals surface area contributed by atoms with E-state index in [1.54, 1.807) is 30.3 Å². The van der Waals surface area contributed by atoms with Gasteiger partial charge in [0.25, 0.3) is 0 Å². The fourth-order valence-electron chi connectivity index (χ4n) is 2.31. The fraction of sp³-hybridized carbons (Fsp3) is 0.118. The highest BCUT2D eigenvalue weighted by molar-refractivity contribution is 5.80. The Morgan fingerprint density at radius 2 is 1.73 bits per heavy atom. The smallest absolute Gasteiger partial charge is 0.193 e. The van der Waals surface area contributed by atoms with Crippen molar-refractivity contribution in [2.75, 3.05) is 14.2 Å². The maximum Gasteiger partial charge on any atom is 0.193 e. The van der Waals surface area contributed by atoms with E-state index < -0.39 is 0 Å². The molecule has 1 heterocycles. The molecule has 22 heavy (non-hydrogen) atoms. The highest BCUT2D eigenvalue weighted by Crippen LogP contribution is 2.39. The van der Waals surface area contributed by atoms with Gasteiger partial charge in [0.05, 0.1) is 25.2 Å². The van der Waals surface area contributed by atoms with Crippen molar-refractivity contribution in [1.29, 1.82) is 0 Å². The zero-order valence-corrected chi connectivity index (χ0v) is 12.1. The minimum absolute atomic E-state index is 0.0498. The Bertz CT molecular complexity index is 895. The molecule has 0 atom stereocenters. The van der Waals surface area contributed by atoms with E-state index in [0.29, 0.717) is 28.0 Å². The van der Waals surface area contributed by atoms with Gasteiger partial charge in [0.15, 0.2) is 16.9 Å². The Morgan fingerprint density at radius 1 is 1.00 bits per heavy atom. The number of aromatic hydroxyl groups is 1. The lowest BCUT2D eigenvalue weighted by molar-refractivity contribution is 0.366. The van der Waals surface area contributed by atoms with Gasteiger partial charge in [-0.15, -0.1) is 0 Å². The molecular weight excluding hydrogens is 284 g/mol. The van der Waals surface area contributed by atoms with Crippen LogP contribution in [0.2, 0.25) is 0 Å². The normalized spacial score (nSPS) is 10.6. The second-order valence-electron chi connectivity index (χ2n) is 4.70. The number of hydrogen-bond donors (Lipinski definition) is 1. The molecule has 0 aliphatic rings. The minimum atomic E-state index is -0.147. The second-order valence-corrected chi connectivity index (χ2v) is 4.70. The van der Waals surface area contributed by atoms with Crippen LogP contribution < -0.4 is 14.9 Å². The van der Waals surface area contributed by atoms with Crippen molar-refractivity contribution in [2.45, 2.75) is 0 Å². The third-order valence-corrected chi connectivity index (χ3v) is 3.40. The van der Waals surface area contributed by atoms with Crippen LogP contribution in [0.15, 0.2) is 51.7 Å². The number of methoxy groups -OCH3 is 2. The average Bonchev–Trinajstić information content (AvgIpc) is 2.54. The van der Waals surface area contributed by atoms with Crippen molar-refractivity contribution in [1.82, 2.24) is 0 Å². The van der Waals surface area contributed by atoms with Crippen molar-refractivity contribution < 1.29 is 19.0 Å². The van der Waals surface area contributed by atoms with Gasteiger partial charge in [0.2, 0.25) is 0 Å². The van der Waals surface area contributed by atoms with Crippen LogP contribution in [0.5, 0.6) is 17.2 Å². The molecular formula is C17H14O5. The summed E-state index contributed by atoms with van der Waals surface area (Å²) in [5, 5.41) is 10.3. The molecule has 0 saturated carbocycles. The van der Waals surface area contributed by atoms with Crippen molar-refractivity contribution >= 4 is 11.0 Å². The van der Waals surface area contributed by atoms with Crippen LogP contribution in [-0.4, -0.2) is 19.3 Å². The zero-order chi connectivity index (χ0) is 15.7. The first-order valence-corrected chi connectivity index (χ1v) is 6.62. The van der Waals surface area contributed by atoms with Gasteiger partial charge in [-0.05, 0) is 18.2 Å². The first-order valence-electron chi connectivity index (χ1n) is 6.62. The van der Waals surface area contributed by atoms with E-state index >= 15 is 0 Å². The van der Waals surface area contributed by atoms with E-state index in [4.69, 9.17) is 13.9 Å². The van der Waals surface area contributed by atoms with E-state index in [1.807, 2.05) is 0 Å². The number of hydrogen-bond acceptors (Lipinski definition) is 5. The van der Waals surface area contributed by atoms with Crippen LogP contribution >= 0.6 is 0 Å². The van der Waals surface area contributed by atoms with Crippen LogP contribution in [0, 0.1) is 0 Å². The zero-order valence-electron chi connectivity index (χ0n) is 12.1. The van der Waals surface area contributed by atoms with Crippen molar-refractivity contribution in [3.8, 4) is 28.6 Å². The molecule has 0 spiro atoms. The number of para-hydroxylation sites is 1. The van der Waals surface area contributed by atoms with Crippen LogP contribution in [0.1, 0.15) is 0 Å². The predicted molar refractivity (Wildman–Crippen MR) is 82.7 cm³/mol. The number of fused-ring (bicyclic) bond motifs is 1. The predicted octanol–water partition coefficient (Wildman–Crippen LogP) is 3.18. The fourth-order valence-corrected chi connectivity index (χ4v) is 2.31. The first kappa shape index (κ1) is 14.0. The number of benzene rings is 2. The lowest BCUT2D eigenvalue weighted by atomic mass is 10.1. The standard InChI is InChI=1S/C17H14O5/c1-20-15-9-13(19)17(21-2)7-11(15)16-8-12(18)10-5-3-4-6-14(10)22-16/h3-9,19H,1-2H3. The number of phenolic OH excluding ortho intramolecular Hbond substituents is 1. The van der Waals surface area contributed by atoms with Gasteiger partial charge < -0.3 is 19.0 Å². The van der Waals surface area contributed by atoms with Crippen molar-refractivity contribution in [2.24, 2.45) is 0 Å². The molecule has 1 aromatic heterocycles. The van der Waals surface area contributed by atoms with E-state index in [1.165, 1.54) is 26.4 Å². The summed E-state index contributed by atoms with van der Waals surface area (Å²) in [6.45, 7) is 0. The Morgan fingerprint density at radius 3 is 2.45 bits per heavy atom. The number of ether oxygens (including phenoxy) is 2. The average molecular weight is 298 g/mol. The summed E-state index contributed by atoms with van der Waals surface area (Å²) >= 11 is 0. The molecule has 1 N–H and O–H groups in total. The third-order valence-electron chi connectivity index (χ3n) is 3.40. The van der Waals surface area contributed by atoms with Gasteiger partial charge >= 0.3 is 0 Å². The van der Waals surface area contributed by atoms with Gasteiger partial charge in [0.1, 0.15) is 17.1 Å². The summed E-state index contributed by atoms with van der Waals surface area (Å²) in [5.41, 5.74) is 0.866. The summed E-state index contributed by atoms with van der Waals surface area (Å²) in [6.07, 6.45) is 0. The summed E-state index contributed by atoms with van der Waals surface area (Å²) in [6, 6.07) is 11.4. The Labute approximate surface area is 126 Å². The molecule has 3 aromatic rings. The molecule has 112 valence electrons. The Balaban J connectivity index is 2.29. The maximum absolute atomic E-state index is 12.2. The largest absolute Gasteiger partial charge is 0.504 e. The van der Waals surface area contributed by atoms with Crippen molar-refractivity contribution in [3.63, 3.8) is 0 Å². The number of rotatable bonds is 3. The van der Waals surface area contributed by atoms with E-state index in [-0.39, 0.29) is 16.9 Å². The molecule has 5 heteroatoms. The molecule has 0 amide bonds. The summed E-state index contributed by atoms with van der Waals surface area (Å²) in [4.78, 5) is 12.2. The Kier molecular flexibility index (Phi) is 3.47. The summed E-state index contributed by atoms with van der Waals surface area (Å²) in [7, 11) is 2.92. The van der Waals surface area contributed by atoms with Crippen LogP contribution in [0.4, 0.5) is 0 Å². The molecule has 0 aliphatic carbocycles. The summed E-state index contributed by atoms with van der Waals surface area (Å²) in [5.74, 6) is 0.952. The third kappa shape index (κ3) is 2.26. The van der Waals surface area contributed by atoms with Gasteiger partial charge in [-0.25, -0.2) is 0 Å². The van der Waals surface area contributed by atoms with Gasteiger partial charge in [-0.2, -0.15) is 0 Å². The Hall–Kier alpha value is -2.95. The maximum atomic E-state index is 12.2. The number of phenols is 1. The second kappa shape index (κ2) is 5.44. The molecule has 0 saturated heterocycles. The molecule has 0 bridgehead atoms. The highest BCUT2D eigenvalue weighted by Gasteiger charge is 2.15. The molecule has 0 radical (unpaired) electrons. The van der Waals surface area contributed by atoms with Gasteiger partial charge in [-0.1, -0.05) is 12.1 Å². The topological polar surface area (TPSA) is 68.9 Å². The molecule has 3 rings (SSSR count). The van der Waals surface area contributed by atoms with Crippen LogP contribution in [0.3, 0.4) is 0 Å². The van der Waals surface area contributed by atoms with E-state index in [9.17, 15) is 9.90 Å². The lowest BCUT2D eigenvalue weighted by Gasteiger charge is -2.11. The lowest BCUT2D eigenvalue weighted by Crippen LogP contribution is -2.01. The molecule has 0 fully saturated rings. The minimum Gasteiger partial charge on any atom is -0.504 e. The van der Waals surface area contributed by atoms with Gasteiger partial charge in [0, 0.05) is 12.1 Å². The van der Waals surface area contributed by atoms with Crippen LogP contribution in [-0.2, 0) is 0 Å². The highest BCUT2D eigenvalue weighted by atomic mass is 16.5. The van der Waals surface area contributed by atoms with E-state index in [0.717, 1.165) is 0 Å². The monoisotopic (exact) mass is 298 g/mol. The molecule has 5 nitrogen and oxygen atoms in total. The van der Waals surface area contributed by atoms with Gasteiger partial charge in [-0.3, -0.25) is 4.79 Å². The molecule has 2 aromatic carbocycles. The quantitative estimate of drug-likeness (QED) is 0.804. The van der Waals surface area contributed by atoms with Crippen molar-refractivity contribution in [3.05, 3.63) is 52.7 Å². The SMILES string of the molecule is COc1cc(-c2cc(=O)c3ccccc3o2)c(OC)cc1O. The molecule has 0 unspecified atom stereocenters. The first-order chi connectivity index (χ1) is 10.6.